The third-order valence-corrected chi connectivity index (χ3v) is 5.16. The Hall–Kier alpha value is 0.320. The summed E-state index contributed by atoms with van der Waals surface area (Å²) in [6, 6.07) is 1.05. The molecule has 0 aromatic heterocycles. The van der Waals surface area contributed by atoms with Crippen LogP contribution in [0.2, 0.25) is 0 Å². The number of nitrogens with zero attached hydrogens (tertiary/aromatic N) is 1. The van der Waals surface area contributed by atoms with Gasteiger partial charge >= 0.3 is 0 Å². The number of fused-ring (bicyclic) bond motifs is 1. The predicted octanol–water partition coefficient (Wildman–Crippen LogP) is 1.24. The Morgan fingerprint density at radius 1 is 1.21 bits per heavy atom. The van der Waals surface area contributed by atoms with Crippen molar-refractivity contribution in [2.24, 2.45) is 0 Å². The molecule has 0 spiro atoms. The Labute approximate surface area is 131 Å². The molecular weight excluding hydrogens is 305 g/mol. The molecule has 4 nitrogen and oxygen atoms in total. The van der Waals surface area contributed by atoms with Gasteiger partial charge in [-0.25, -0.2) is 0 Å². The Kier molecular flexibility index (Phi) is 7.25. The van der Waals surface area contributed by atoms with Crippen molar-refractivity contribution < 1.29 is 4.79 Å². The van der Waals surface area contributed by atoms with E-state index in [0.29, 0.717) is 12.1 Å². The number of thioether (sulfide) groups is 1. The van der Waals surface area contributed by atoms with E-state index in [-0.39, 0.29) is 36.8 Å². The second-order valence-corrected chi connectivity index (χ2v) is 6.30. The monoisotopic (exact) mass is 327 g/mol. The number of halogens is 2. The molecule has 2 N–H and O–H groups in total. The molecule has 0 aromatic rings. The van der Waals surface area contributed by atoms with Crippen LogP contribution in [0.4, 0.5) is 0 Å². The van der Waals surface area contributed by atoms with E-state index in [1.54, 1.807) is 0 Å². The standard InChI is InChI=1S/C12H21N3OS.2ClH/c16-12(10-7-17-8-13-10)14-9-4-6-15-5-2-1-3-11(9)15;;/h9-11,13H,1-8H2,(H,14,16);2*1H. The highest BCUT2D eigenvalue weighted by Crippen LogP contribution is 2.27. The number of piperidine rings is 1. The molecule has 3 heterocycles. The SMILES string of the molecule is Cl.Cl.O=C(NC1CCN2CCCCC12)C1CSCN1. The molecule has 0 aliphatic carbocycles. The maximum Gasteiger partial charge on any atom is 0.238 e. The van der Waals surface area contributed by atoms with Crippen LogP contribution < -0.4 is 10.6 Å². The molecule has 1 amide bonds. The molecule has 3 aliphatic heterocycles. The minimum Gasteiger partial charge on any atom is -0.350 e. The van der Waals surface area contributed by atoms with Crippen LogP contribution in [0.3, 0.4) is 0 Å². The first-order valence-corrected chi connectivity index (χ1v) is 7.85. The Bertz CT molecular complexity index is 303. The lowest BCUT2D eigenvalue weighted by molar-refractivity contribution is -0.123. The molecule has 3 rings (SSSR count). The third kappa shape index (κ3) is 3.91. The van der Waals surface area contributed by atoms with Gasteiger partial charge in [-0.05, 0) is 25.8 Å². The Morgan fingerprint density at radius 3 is 2.79 bits per heavy atom. The summed E-state index contributed by atoms with van der Waals surface area (Å²) < 4.78 is 0. The summed E-state index contributed by atoms with van der Waals surface area (Å²) in [5.74, 6) is 2.05. The van der Waals surface area contributed by atoms with E-state index in [1.807, 2.05) is 11.8 Å². The van der Waals surface area contributed by atoms with Gasteiger partial charge in [0.2, 0.25) is 5.91 Å². The lowest BCUT2D eigenvalue weighted by atomic mass is 9.99. The first kappa shape index (κ1) is 17.4. The van der Waals surface area contributed by atoms with E-state index < -0.39 is 0 Å². The van der Waals surface area contributed by atoms with Crippen molar-refractivity contribution >= 4 is 42.5 Å². The molecule has 112 valence electrons. The molecule has 3 aliphatic rings. The van der Waals surface area contributed by atoms with Gasteiger partial charge < -0.3 is 5.32 Å². The number of carbonyl (C=O) groups excluding carboxylic acids is 1. The van der Waals surface area contributed by atoms with E-state index in [2.05, 4.69) is 15.5 Å². The van der Waals surface area contributed by atoms with Crippen LogP contribution in [-0.4, -0.2) is 53.7 Å². The molecule has 3 atom stereocenters. The zero-order valence-corrected chi connectivity index (χ0v) is 13.4. The molecule has 3 unspecified atom stereocenters. The quantitative estimate of drug-likeness (QED) is 0.800. The van der Waals surface area contributed by atoms with Crippen molar-refractivity contribution in [3.8, 4) is 0 Å². The summed E-state index contributed by atoms with van der Waals surface area (Å²) in [5, 5.41) is 6.50. The number of hydrogen-bond donors (Lipinski definition) is 2. The normalized spacial score (nSPS) is 34.0. The van der Waals surface area contributed by atoms with Crippen LogP contribution in [0, 0.1) is 0 Å². The predicted molar refractivity (Wildman–Crippen MR) is 84.5 cm³/mol. The zero-order chi connectivity index (χ0) is 11.7. The summed E-state index contributed by atoms with van der Waals surface area (Å²) >= 11 is 1.81. The highest BCUT2D eigenvalue weighted by atomic mass is 35.5. The van der Waals surface area contributed by atoms with Crippen LogP contribution >= 0.6 is 36.6 Å². The lowest BCUT2D eigenvalue weighted by Gasteiger charge is -2.32. The van der Waals surface area contributed by atoms with Gasteiger partial charge in [-0.1, -0.05) is 6.42 Å². The van der Waals surface area contributed by atoms with Crippen LogP contribution in [-0.2, 0) is 4.79 Å². The molecule has 3 fully saturated rings. The minimum absolute atomic E-state index is 0. The average Bonchev–Trinajstić information content (AvgIpc) is 2.98. The number of amides is 1. The second kappa shape index (κ2) is 7.93. The van der Waals surface area contributed by atoms with Gasteiger partial charge in [-0.2, -0.15) is 0 Å². The average molecular weight is 328 g/mol. The van der Waals surface area contributed by atoms with Crippen LogP contribution in [0.5, 0.6) is 0 Å². The second-order valence-electron chi connectivity index (χ2n) is 5.27. The number of hydrogen-bond acceptors (Lipinski definition) is 4. The van der Waals surface area contributed by atoms with Crippen molar-refractivity contribution in [2.45, 2.75) is 43.8 Å². The Morgan fingerprint density at radius 2 is 2.05 bits per heavy atom. The first-order chi connectivity index (χ1) is 8.34. The minimum atomic E-state index is 0. The van der Waals surface area contributed by atoms with E-state index >= 15 is 0 Å². The summed E-state index contributed by atoms with van der Waals surface area (Å²) in [4.78, 5) is 14.6. The van der Waals surface area contributed by atoms with Crippen LogP contribution in [0.25, 0.3) is 0 Å². The highest BCUT2D eigenvalue weighted by Gasteiger charge is 2.37. The third-order valence-electron chi connectivity index (χ3n) is 4.22. The summed E-state index contributed by atoms with van der Waals surface area (Å²) in [6.45, 7) is 2.40. The van der Waals surface area contributed by atoms with Crippen LogP contribution in [0.15, 0.2) is 0 Å². The smallest absolute Gasteiger partial charge is 0.238 e. The van der Waals surface area contributed by atoms with Crippen LogP contribution in [0.1, 0.15) is 25.7 Å². The van der Waals surface area contributed by atoms with Crippen molar-refractivity contribution in [3.63, 3.8) is 0 Å². The van der Waals surface area contributed by atoms with Gasteiger partial charge in [0, 0.05) is 30.3 Å². The van der Waals surface area contributed by atoms with Crippen molar-refractivity contribution in [3.05, 3.63) is 0 Å². The fourth-order valence-corrected chi connectivity index (χ4v) is 4.20. The molecular formula is C12H23Cl2N3OS. The fourth-order valence-electron chi connectivity index (χ4n) is 3.26. The summed E-state index contributed by atoms with van der Waals surface area (Å²) in [5.41, 5.74) is 0. The van der Waals surface area contributed by atoms with E-state index in [9.17, 15) is 4.79 Å². The molecule has 19 heavy (non-hydrogen) atoms. The number of nitrogens with one attached hydrogen (secondary N) is 2. The lowest BCUT2D eigenvalue weighted by Crippen LogP contribution is -2.51. The molecule has 3 saturated heterocycles. The topological polar surface area (TPSA) is 44.4 Å². The molecule has 0 aromatic carbocycles. The summed E-state index contributed by atoms with van der Waals surface area (Å²) in [7, 11) is 0. The van der Waals surface area contributed by atoms with Crippen molar-refractivity contribution in [2.75, 3.05) is 24.7 Å². The number of carbonyl (C=O) groups is 1. The molecule has 7 heteroatoms. The van der Waals surface area contributed by atoms with E-state index in [4.69, 9.17) is 0 Å². The van der Waals surface area contributed by atoms with E-state index in [0.717, 1.165) is 18.1 Å². The van der Waals surface area contributed by atoms with E-state index in [1.165, 1.54) is 32.4 Å². The fraction of sp³-hybridized carbons (Fsp3) is 0.917. The Balaban J connectivity index is 0.000000902. The van der Waals surface area contributed by atoms with Gasteiger partial charge in [0.1, 0.15) is 0 Å². The van der Waals surface area contributed by atoms with Gasteiger partial charge in [0.15, 0.2) is 0 Å². The molecule has 0 bridgehead atoms. The first-order valence-electron chi connectivity index (χ1n) is 6.70. The zero-order valence-electron chi connectivity index (χ0n) is 11.0. The van der Waals surface area contributed by atoms with Gasteiger partial charge in [-0.15, -0.1) is 36.6 Å². The number of rotatable bonds is 2. The maximum atomic E-state index is 12.1. The van der Waals surface area contributed by atoms with Crippen molar-refractivity contribution in [1.82, 2.24) is 15.5 Å². The largest absolute Gasteiger partial charge is 0.350 e. The van der Waals surface area contributed by atoms with Crippen molar-refractivity contribution in [1.29, 1.82) is 0 Å². The molecule has 0 saturated carbocycles. The van der Waals surface area contributed by atoms with Gasteiger partial charge in [-0.3, -0.25) is 15.0 Å². The van der Waals surface area contributed by atoms with Gasteiger partial charge in [0.05, 0.1) is 6.04 Å². The highest BCUT2D eigenvalue weighted by molar-refractivity contribution is 7.99. The molecule has 0 radical (unpaired) electrons. The van der Waals surface area contributed by atoms with Gasteiger partial charge in [0.25, 0.3) is 0 Å². The summed E-state index contributed by atoms with van der Waals surface area (Å²) in [6.07, 6.45) is 5.05. The maximum absolute atomic E-state index is 12.1.